The van der Waals surface area contributed by atoms with Crippen LogP contribution in [-0.2, 0) is 19.6 Å². The summed E-state index contributed by atoms with van der Waals surface area (Å²) in [6, 6.07) is 1.99. The van der Waals surface area contributed by atoms with Crippen molar-refractivity contribution in [3.05, 3.63) is 22.3 Å². The standard InChI is InChI=1S/C16H21I3O6S.Na/c1-3-10-7-9(2)24-16(25-10)13-11(17)8-12(18)15(14(13)19)23-5-4-6-26(20,21)22;/h8-10,16H,3-7H2,1-2H3,(H,20,21,22);/q;+1/p-1. The van der Waals surface area contributed by atoms with Crippen molar-refractivity contribution >= 4 is 77.9 Å². The Kier molecular flexibility index (Phi) is 12.2. The number of ether oxygens (including phenoxy) is 3. The van der Waals surface area contributed by atoms with Gasteiger partial charge in [-0.05, 0) is 100 Å². The van der Waals surface area contributed by atoms with E-state index >= 15 is 0 Å². The molecule has 0 aliphatic carbocycles. The van der Waals surface area contributed by atoms with Gasteiger partial charge in [0.1, 0.15) is 5.75 Å². The molecule has 1 saturated heterocycles. The zero-order valence-corrected chi connectivity index (χ0v) is 24.6. The molecule has 3 atom stereocenters. The fraction of sp³-hybridized carbons (Fsp3) is 0.625. The summed E-state index contributed by atoms with van der Waals surface area (Å²) < 4.78 is 52.9. The maximum Gasteiger partial charge on any atom is 1.00 e. The van der Waals surface area contributed by atoms with E-state index in [4.69, 9.17) is 14.2 Å². The van der Waals surface area contributed by atoms with E-state index < -0.39 is 22.2 Å². The van der Waals surface area contributed by atoms with Crippen LogP contribution in [0.15, 0.2) is 6.07 Å². The van der Waals surface area contributed by atoms with E-state index in [1.54, 1.807) is 0 Å². The molecule has 0 spiro atoms. The largest absolute Gasteiger partial charge is 1.00 e. The topological polar surface area (TPSA) is 84.9 Å². The van der Waals surface area contributed by atoms with Gasteiger partial charge in [-0.25, -0.2) is 8.42 Å². The third-order valence-electron chi connectivity index (χ3n) is 3.91. The van der Waals surface area contributed by atoms with Gasteiger partial charge in [0.15, 0.2) is 6.29 Å². The Morgan fingerprint density at radius 1 is 1.26 bits per heavy atom. The fourth-order valence-corrected chi connectivity index (χ4v) is 7.31. The second-order valence-electron chi connectivity index (χ2n) is 6.04. The molecule has 27 heavy (non-hydrogen) atoms. The van der Waals surface area contributed by atoms with Gasteiger partial charge in [-0.15, -0.1) is 0 Å². The average Bonchev–Trinajstić information content (AvgIpc) is 2.52. The first-order valence-electron chi connectivity index (χ1n) is 8.17. The third kappa shape index (κ3) is 8.24. The van der Waals surface area contributed by atoms with E-state index in [0.29, 0.717) is 5.75 Å². The van der Waals surface area contributed by atoms with Crippen molar-refractivity contribution in [2.75, 3.05) is 12.4 Å². The summed E-state index contributed by atoms with van der Waals surface area (Å²) in [6.07, 6.45) is 1.76. The number of hydrogen-bond donors (Lipinski definition) is 0. The van der Waals surface area contributed by atoms with Crippen LogP contribution in [0.5, 0.6) is 5.75 Å². The molecule has 2 rings (SSSR count). The van der Waals surface area contributed by atoms with E-state index in [1.165, 1.54) is 0 Å². The van der Waals surface area contributed by atoms with Crippen molar-refractivity contribution < 1.29 is 56.7 Å². The van der Waals surface area contributed by atoms with Crippen LogP contribution >= 0.6 is 67.8 Å². The Bertz CT molecular complexity index is 746. The van der Waals surface area contributed by atoms with Gasteiger partial charge >= 0.3 is 29.6 Å². The third-order valence-corrected chi connectivity index (χ3v) is 7.46. The van der Waals surface area contributed by atoms with Crippen LogP contribution < -0.4 is 34.3 Å². The molecule has 1 aromatic rings. The van der Waals surface area contributed by atoms with E-state index in [0.717, 1.165) is 29.1 Å². The van der Waals surface area contributed by atoms with Crippen molar-refractivity contribution in [3.8, 4) is 5.75 Å². The van der Waals surface area contributed by atoms with Crippen LogP contribution in [0, 0.1) is 10.7 Å². The van der Waals surface area contributed by atoms with Crippen molar-refractivity contribution in [2.45, 2.75) is 51.6 Å². The predicted octanol–water partition coefficient (Wildman–Crippen LogP) is 1.42. The van der Waals surface area contributed by atoms with Crippen molar-refractivity contribution in [1.82, 2.24) is 0 Å². The van der Waals surface area contributed by atoms with Crippen LogP contribution in [0.25, 0.3) is 0 Å². The zero-order valence-electron chi connectivity index (χ0n) is 15.3. The van der Waals surface area contributed by atoms with E-state index in [-0.39, 0.29) is 54.8 Å². The molecular weight excluding hydrogens is 724 g/mol. The summed E-state index contributed by atoms with van der Waals surface area (Å²) in [5, 5.41) is 0. The second kappa shape index (κ2) is 12.2. The van der Waals surface area contributed by atoms with Gasteiger partial charge in [0.05, 0.1) is 36.1 Å². The molecule has 1 aromatic carbocycles. The molecule has 1 fully saturated rings. The molecule has 148 valence electrons. The monoisotopic (exact) mass is 744 g/mol. The quantitative estimate of drug-likeness (QED) is 0.182. The van der Waals surface area contributed by atoms with E-state index in [9.17, 15) is 13.0 Å². The first-order chi connectivity index (χ1) is 12.1. The minimum atomic E-state index is -4.22. The van der Waals surface area contributed by atoms with Crippen LogP contribution in [0.2, 0.25) is 0 Å². The number of rotatable bonds is 7. The SMILES string of the molecule is CCC1CC(C)OC(c2c(I)cc(I)c(OCCCS(=O)(=O)[O-])c2I)O1.[Na+]. The summed E-state index contributed by atoms with van der Waals surface area (Å²) >= 11 is 6.67. The maximum absolute atomic E-state index is 10.7. The predicted molar refractivity (Wildman–Crippen MR) is 122 cm³/mol. The van der Waals surface area contributed by atoms with Gasteiger partial charge in [0, 0.05) is 14.9 Å². The normalized spacial score (nSPS) is 23.0. The van der Waals surface area contributed by atoms with Crippen molar-refractivity contribution in [2.24, 2.45) is 0 Å². The molecule has 0 amide bonds. The fourth-order valence-electron chi connectivity index (χ4n) is 2.64. The summed E-state index contributed by atoms with van der Waals surface area (Å²) in [7, 11) is -4.22. The summed E-state index contributed by atoms with van der Waals surface area (Å²) in [5.41, 5.74) is 0.933. The van der Waals surface area contributed by atoms with E-state index in [2.05, 4.69) is 74.7 Å². The molecule has 1 aliphatic rings. The van der Waals surface area contributed by atoms with Gasteiger partial charge in [-0.3, -0.25) is 0 Å². The molecule has 0 bridgehead atoms. The molecular formula is C16H20I3NaO6S. The Morgan fingerprint density at radius 3 is 2.52 bits per heavy atom. The molecule has 1 heterocycles. The van der Waals surface area contributed by atoms with Crippen molar-refractivity contribution in [1.29, 1.82) is 0 Å². The maximum atomic E-state index is 10.7. The molecule has 11 heteroatoms. The van der Waals surface area contributed by atoms with Crippen LogP contribution in [0.1, 0.15) is 45.0 Å². The van der Waals surface area contributed by atoms with Crippen LogP contribution in [-0.4, -0.2) is 37.5 Å². The minimum Gasteiger partial charge on any atom is -0.748 e. The van der Waals surface area contributed by atoms with Gasteiger partial charge < -0.3 is 18.8 Å². The zero-order chi connectivity index (χ0) is 19.5. The number of hydrogen-bond acceptors (Lipinski definition) is 6. The molecule has 6 nitrogen and oxygen atoms in total. The van der Waals surface area contributed by atoms with Gasteiger partial charge in [0.2, 0.25) is 0 Å². The number of benzene rings is 1. The van der Waals surface area contributed by atoms with Gasteiger partial charge in [-0.1, -0.05) is 6.92 Å². The average molecular weight is 744 g/mol. The molecule has 1 aliphatic heterocycles. The first-order valence-corrected chi connectivity index (χ1v) is 13.0. The molecule has 0 N–H and O–H groups in total. The van der Waals surface area contributed by atoms with Gasteiger partial charge in [-0.2, -0.15) is 0 Å². The Labute approximate surface area is 223 Å². The molecule has 0 aromatic heterocycles. The Hall–Kier alpha value is 2.04. The number of halogens is 3. The van der Waals surface area contributed by atoms with Gasteiger partial charge in [0.25, 0.3) is 0 Å². The molecule has 0 radical (unpaired) electrons. The first kappa shape index (κ1) is 27.1. The molecule has 3 unspecified atom stereocenters. The minimum absolute atomic E-state index is 0. The van der Waals surface area contributed by atoms with E-state index in [1.807, 2.05) is 13.0 Å². The smallest absolute Gasteiger partial charge is 0.748 e. The Balaban J connectivity index is 0.00000364. The summed E-state index contributed by atoms with van der Waals surface area (Å²) in [6.45, 7) is 4.31. The summed E-state index contributed by atoms with van der Waals surface area (Å²) in [4.78, 5) is 0. The summed E-state index contributed by atoms with van der Waals surface area (Å²) in [5.74, 6) is 0.241. The van der Waals surface area contributed by atoms with Crippen molar-refractivity contribution in [3.63, 3.8) is 0 Å². The second-order valence-corrected chi connectivity index (χ2v) is 11.0. The van der Waals surface area contributed by atoms with Crippen LogP contribution in [0.3, 0.4) is 0 Å². The molecule has 0 saturated carbocycles. The van der Waals surface area contributed by atoms with Crippen LogP contribution in [0.4, 0.5) is 0 Å². The Morgan fingerprint density at radius 2 is 1.93 bits per heavy atom.